The highest BCUT2D eigenvalue weighted by Gasteiger charge is 2.35. The second kappa shape index (κ2) is 7.78. The van der Waals surface area contributed by atoms with E-state index in [1.165, 1.54) is 11.3 Å². The van der Waals surface area contributed by atoms with Gasteiger partial charge in [-0.2, -0.15) is 0 Å². The Morgan fingerprint density at radius 3 is 2.50 bits per heavy atom. The number of hydrogen-bond donors (Lipinski definition) is 1. The van der Waals surface area contributed by atoms with Crippen LogP contribution in [0.2, 0.25) is 5.02 Å². The number of para-hydroxylation sites is 2. The Balaban J connectivity index is 1.54. The summed E-state index contributed by atoms with van der Waals surface area (Å²) >= 11 is 8.10. The molecule has 0 spiro atoms. The van der Waals surface area contributed by atoms with Crippen LogP contribution in [0.3, 0.4) is 0 Å². The van der Waals surface area contributed by atoms with Gasteiger partial charge in [-0.15, -0.1) is 11.3 Å². The van der Waals surface area contributed by atoms with Gasteiger partial charge in [0, 0.05) is 27.5 Å². The summed E-state index contributed by atoms with van der Waals surface area (Å²) in [7, 11) is 0. The molecule has 2 heterocycles. The third-order valence-corrected chi connectivity index (χ3v) is 7.32. The van der Waals surface area contributed by atoms with E-state index in [-0.39, 0.29) is 18.0 Å². The number of thiophene rings is 1. The minimum atomic E-state index is -0.0284. The first-order valence-electron chi connectivity index (χ1n) is 10.0. The topological polar surface area (TPSA) is 32.3 Å². The first-order valence-corrected chi connectivity index (χ1v) is 11.2. The highest BCUT2D eigenvalue weighted by atomic mass is 35.5. The van der Waals surface area contributed by atoms with Gasteiger partial charge in [0.15, 0.2) is 0 Å². The monoisotopic (exact) mass is 432 g/mol. The predicted molar refractivity (Wildman–Crippen MR) is 127 cm³/mol. The number of benzene rings is 3. The van der Waals surface area contributed by atoms with Crippen LogP contribution >= 0.6 is 22.9 Å². The minimum absolute atomic E-state index is 0.0284. The number of halogens is 1. The Kier molecular flexibility index (Phi) is 4.97. The maximum Gasteiger partial charge on any atom is 0.270 e. The molecule has 0 unspecified atom stereocenters. The number of carbonyl (C=O) groups excluding carboxylic acids is 1. The number of nitrogens with zero attached hydrogens (tertiary/aromatic N) is 1. The zero-order valence-corrected chi connectivity index (χ0v) is 18.1. The average Bonchev–Trinajstić information content (AvgIpc) is 3.11. The molecular formula is C25H21ClN2OS. The van der Waals surface area contributed by atoms with E-state index in [4.69, 9.17) is 11.6 Å². The number of nitrogens with one attached hydrogen (secondary N) is 1. The van der Waals surface area contributed by atoms with Crippen LogP contribution < -0.4 is 10.2 Å². The summed E-state index contributed by atoms with van der Waals surface area (Å²) in [5.74, 6) is -0.0284. The lowest BCUT2D eigenvalue weighted by Gasteiger charge is -2.39. The van der Waals surface area contributed by atoms with Crippen LogP contribution in [0.1, 0.15) is 34.6 Å². The molecule has 1 aromatic heterocycles. The molecule has 3 nitrogen and oxygen atoms in total. The molecule has 3 aromatic carbocycles. The molecule has 0 fully saturated rings. The van der Waals surface area contributed by atoms with E-state index in [1.54, 1.807) is 0 Å². The van der Waals surface area contributed by atoms with E-state index in [2.05, 4.69) is 30.4 Å². The molecule has 1 N–H and O–H groups in total. The second-order valence-electron chi connectivity index (χ2n) is 7.62. The molecule has 0 saturated heterocycles. The zero-order valence-electron chi connectivity index (χ0n) is 16.5. The Labute approximate surface area is 184 Å². The van der Waals surface area contributed by atoms with Crippen molar-refractivity contribution in [3.63, 3.8) is 0 Å². The maximum absolute atomic E-state index is 13.7. The first kappa shape index (κ1) is 19.2. The number of hydrogen-bond acceptors (Lipinski definition) is 3. The Morgan fingerprint density at radius 1 is 1.00 bits per heavy atom. The van der Waals surface area contributed by atoms with Crippen LogP contribution in [0.15, 0.2) is 78.9 Å². The van der Waals surface area contributed by atoms with Gasteiger partial charge in [-0.3, -0.25) is 4.79 Å². The molecule has 1 amide bonds. The summed E-state index contributed by atoms with van der Waals surface area (Å²) in [6.07, 6.45) is 0.820. The average molecular weight is 433 g/mol. The van der Waals surface area contributed by atoms with Crippen LogP contribution in [0.4, 0.5) is 11.4 Å². The van der Waals surface area contributed by atoms with Crippen molar-refractivity contribution in [1.82, 2.24) is 0 Å². The van der Waals surface area contributed by atoms with E-state index in [9.17, 15) is 4.79 Å². The van der Waals surface area contributed by atoms with Gasteiger partial charge >= 0.3 is 0 Å². The number of amides is 1. The Hall–Kier alpha value is -2.82. The molecule has 0 aliphatic carbocycles. The van der Waals surface area contributed by atoms with Gasteiger partial charge < -0.3 is 10.2 Å². The number of carbonyl (C=O) groups is 1. The molecule has 30 heavy (non-hydrogen) atoms. The van der Waals surface area contributed by atoms with Crippen LogP contribution in [-0.2, 0) is 0 Å². The van der Waals surface area contributed by atoms with E-state index in [0.29, 0.717) is 9.90 Å². The van der Waals surface area contributed by atoms with E-state index >= 15 is 0 Å². The molecular weight excluding hydrogens is 412 g/mol. The molecule has 4 aromatic rings. The molecule has 2 atom stereocenters. The quantitative estimate of drug-likeness (QED) is 0.373. The van der Waals surface area contributed by atoms with Gasteiger partial charge in [0.1, 0.15) is 4.88 Å². The third kappa shape index (κ3) is 3.26. The highest BCUT2D eigenvalue weighted by molar-refractivity contribution is 7.21. The Morgan fingerprint density at radius 2 is 1.70 bits per heavy atom. The van der Waals surface area contributed by atoms with E-state index in [0.717, 1.165) is 33.4 Å². The fourth-order valence-electron chi connectivity index (χ4n) is 4.26. The van der Waals surface area contributed by atoms with Gasteiger partial charge in [-0.05, 0) is 43.2 Å². The third-order valence-electron chi connectivity index (χ3n) is 5.65. The summed E-state index contributed by atoms with van der Waals surface area (Å²) in [4.78, 5) is 16.2. The SMILES string of the molecule is C[C@H]1C[C@@H](Nc2ccccc2)c2ccccc2N1C(=O)c1sc2ccccc2c1Cl. The van der Waals surface area contributed by atoms with Crippen molar-refractivity contribution in [1.29, 1.82) is 0 Å². The van der Waals surface area contributed by atoms with Crippen LogP contribution in [0.25, 0.3) is 10.1 Å². The lowest BCUT2D eigenvalue weighted by molar-refractivity contribution is 0.0978. The van der Waals surface area contributed by atoms with Crippen molar-refractivity contribution >= 4 is 50.3 Å². The van der Waals surface area contributed by atoms with Gasteiger partial charge in [0.25, 0.3) is 5.91 Å². The summed E-state index contributed by atoms with van der Waals surface area (Å²) in [5.41, 5.74) is 3.16. The molecule has 150 valence electrons. The molecule has 1 aliphatic rings. The molecule has 0 bridgehead atoms. The van der Waals surface area contributed by atoms with E-state index in [1.807, 2.05) is 65.6 Å². The minimum Gasteiger partial charge on any atom is -0.378 e. The van der Waals surface area contributed by atoms with Crippen molar-refractivity contribution in [2.75, 3.05) is 10.2 Å². The van der Waals surface area contributed by atoms with Crippen molar-refractivity contribution in [3.8, 4) is 0 Å². The van der Waals surface area contributed by atoms with Crippen molar-refractivity contribution in [2.45, 2.75) is 25.4 Å². The van der Waals surface area contributed by atoms with Gasteiger partial charge in [-0.1, -0.05) is 66.2 Å². The fourth-order valence-corrected chi connectivity index (χ4v) is 5.70. The van der Waals surface area contributed by atoms with Gasteiger partial charge in [0.2, 0.25) is 0 Å². The summed E-state index contributed by atoms with van der Waals surface area (Å²) < 4.78 is 1.03. The summed E-state index contributed by atoms with van der Waals surface area (Å²) in [5, 5.41) is 5.13. The molecule has 5 heteroatoms. The lowest BCUT2D eigenvalue weighted by Crippen LogP contribution is -2.44. The van der Waals surface area contributed by atoms with Gasteiger partial charge in [0.05, 0.1) is 11.1 Å². The normalized spacial score (nSPS) is 18.3. The standard InChI is InChI=1S/C25H21ClN2OS/c1-16-15-20(27-17-9-3-2-4-10-17)18-11-5-7-13-21(18)28(16)25(29)24-23(26)19-12-6-8-14-22(19)30-24/h2-14,16,20,27H,15H2,1H3/t16-,20+/m0/s1. The number of anilines is 2. The maximum atomic E-state index is 13.7. The van der Waals surface area contributed by atoms with Crippen LogP contribution in [0, 0.1) is 0 Å². The first-order chi connectivity index (χ1) is 14.6. The van der Waals surface area contributed by atoms with E-state index < -0.39 is 0 Å². The van der Waals surface area contributed by atoms with Crippen LogP contribution in [-0.4, -0.2) is 11.9 Å². The molecule has 0 radical (unpaired) electrons. The molecule has 1 aliphatic heterocycles. The second-order valence-corrected chi connectivity index (χ2v) is 9.05. The van der Waals surface area contributed by atoms with Crippen molar-refractivity contribution in [3.05, 3.63) is 94.3 Å². The molecule has 5 rings (SSSR count). The predicted octanol–water partition coefficient (Wildman–Crippen LogP) is 7.15. The summed E-state index contributed by atoms with van der Waals surface area (Å²) in [6, 6.07) is 26.5. The highest BCUT2D eigenvalue weighted by Crippen LogP contribution is 2.42. The molecule has 0 saturated carbocycles. The number of fused-ring (bicyclic) bond motifs is 2. The van der Waals surface area contributed by atoms with Crippen molar-refractivity contribution < 1.29 is 4.79 Å². The largest absolute Gasteiger partial charge is 0.378 e. The number of rotatable bonds is 3. The zero-order chi connectivity index (χ0) is 20.7. The van der Waals surface area contributed by atoms with Crippen LogP contribution in [0.5, 0.6) is 0 Å². The van der Waals surface area contributed by atoms with Crippen molar-refractivity contribution in [2.24, 2.45) is 0 Å². The lowest BCUT2D eigenvalue weighted by atomic mass is 9.91. The Bertz CT molecular complexity index is 1220. The smallest absolute Gasteiger partial charge is 0.270 e. The fraction of sp³-hybridized carbons (Fsp3) is 0.160. The summed E-state index contributed by atoms with van der Waals surface area (Å²) in [6.45, 7) is 2.11. The van der Waals surface area contributed by atoms with Gasteiger partial charge in [-0.25, -0.2) is 0 Å².